The first-order valence-corrected chi connectivity index (χ1v) is 16.3. The summed E-state index contributed by atoms with van der Waals surface area (Å²) in [7, 11) is 3.09. The highest BCUT2D eigenvalue weighted by molar-refractivity contribution is 9.11. The molecule has 3 aromatic carbocycles. The number of nitrogens with zero attached hydrogens (tertiary/aromatic N) is 2. The van der Waals surface area contributed by atoms with Gasteiger partial charge in [-0.15, -0.1) is 0 Å². The lowest BCUT2D eigenvalue weighted by molar-refractivity contribution is -0.138. The van der Waals surface area contributed by atoms with Crippen LogP contribution in [0.15, 0.2) is 108 Å². The predicted molar refractivity (Wildman–Crippen MR) is 180 cm³/mol. The van der Waals surface area contributed by atoms with Gasteiger partial charge >= 0.3 is 5.97 Å². The average molecular weight is 750 g/mol. The fourth-order valence-electron chi connectivity index (χ4n) is 5.17. The van der Waals surface area contributed by atoms with Gasteiger partial charge in [0.15, 0.2) is 16.3 Å². The number of benzene rings is 3. The van der Waals surface area contributed by atoms with Crippen LogP contribution < -0.4 is 24.4 Å². The Morgan fingerprint density at radius 3 is 2.51 bits per heavy atom. The number of carbonyl (C=O) groups is 1. The van der Waals surface area contributed by atoms with Crippen LogP contribution in [-0.4, -0.2) is 31.4 Å². The minimum Gasteiger partial charge on any atom is -0.493 e. The lowest BCUT2D eigenvalue weighted by Crippen LogP contribution is -2.40. The molecular formula is C34H26Br2N2O6S. The maximum Gasteiger partial charge on any atom is 0.338 e. The van der Waals surface area contributed by atoms with Crippen molar-refractivity contribution in [1.82, 2.24) is 4.57 Å². The molecule has 0 amide bonds. The average Bonchev–Trinajstić information content (AvgIpc) is 3.65. The van der Waals surface area contributed by atoms with E-state index in [9.17, 15) is 9.59 Å². The molecule has 1 aliphatic heterocycles. The van der Waals surface area contributed by atoms with Crippen LogP contribution in [0.4, 0.5) is 0 Å². The summed E-state index contributed by atoms with van der Waals surface area (Å²) in [6.07, 6.45) is 1.70. The largest absolute Gasteiger partial charge is 0.493 e. The number of furan rings is 1. The third-order valence-corrected chi connectivity index (χ3v) is 9.36. The summed E-state index contributed by atoms with van der Waals surface area (Å²) in [5.41, 5.74) is 2.57. The first kappa shape index (κ1) is 30.8. The van der Waals surface area contributed by atoms with Gasteiger partial charge in [-0.05, 0) is 55.0 Å². The van der Waals surface area contributed by atoms with Gasteiger partial charge in [0.2, 0.25) is 0 Å². The van der Waals surface area contributed by atoms with Crippen LogP contribution in [0.2, 0.25) is 0 Å². The molecule has 0 radical (unpaired) electrons. The highest BCUT2D eigenvalue weighted by atomic mass is 79.9. The van der Waals surface area contributed by atoms with Crippen LogP contribution in [0.1, 0.15) is 29.9 Å². The van der Waals surface area contributed by atoms with Gasteiger partial charge in [0.05, 0.1) is 42.7 Å². The van der Waals surface area contributed by atoms with Crippen molar-refractivity contribution in [3.8, 4) is 22.8 Å². The van der Waals surface area contributed by atoms with Crippen LogP contribution in [0.3, 0.4) is 0 Å². The summed E-state index contributed by atoms with van der Waals surface area (Å²) in [6.45, 7) is 1.90. The summed E-state index contributed by atoms with van der Waals surface area (Å²) in [4.78, 5) is 33.3. The van der Waals surface area contributed by atoms with E-state index in [2.05, 4.69) is 31.9 Å². The number of aromatic nitrogens is 1. The number of fused-ring (bicyclic) bond motifs is 1. The van der Waals surface area contributed by atoms with Crippen LogP contribution in [-0.2, 0) is 9.53 Å². The van der Waals surface area contributed by atoms with Crippen molar-refractivity contribution in [2.24, 2.45) is 4.99 Å². The Morgan fingerprint density at radius 1 is 1.00 bits per heavy atom. The molecule has 0 saturated heterocycles. The second kappa shape index (κ2) is 13.0. The second-order valence-electron chi connectivity index (χ2n) is 9.87. The van der Waals surface area contributed by atoms with Crippen LogP contribution in [0.5, 0.6) is 11.5 Å². The fourth-order valence-corrected chi connectivity index (χ4v) is 6.95. The van der Waals surface area contributed by atoms with Crippen LogP contribution >= 0.6 is 43.2 Å². The molecule has 2 aromatic heterocycles. The van der Waals surface area contributed by atoms with Crippen molar-refractivity contribution >= 4 is 60.9 Å². The molecule has 0 saturated carbocycles. The van der Waals surface area contributed by atoms with Gasteiger partial charge in [-0.2, -0.15) is 0 Å². The minimum absolute atomic E-state index is 0.155. The van der Waals surface area contributed by atoms with Gasteiger partial charge in [0.1, 0.15) is 11.5 Å². The van der Waals surface area contributed by atoms with Crippen LogP contribution in [0, 0.1) is 0 Å². The Labute approximate surface area is 279 Å². The lowest BCUT2D eigenvalue weighted by Gasteiger charge is -2.26. The van der Waals surface area contributed by atoms with E-state index in [-0.39, 0.29) is 17.7 Å². The number of esters is 1. The minimum atomic E-state index is -0.859. The number of halogens is 2. The SMILES string of the molecule is CCOC(=O)C1=C(c2ccccc2)N=c2s/c(=C/c3ccc(-c4cc(Br)ccc4Br)o3)c(=O)n2[C@@H]1c1ccc(OC)c(OC)c1. The quantitative estimate of drug-likeness (QED) is 0.163. The first-order chi connectivity index (χ1) is 21.8. The molecule has 0 fully saturated rings. The standard InChI is InChI=1S/C34H26Br2N2O6S/c1-4-43-33(40)29-30(19-8-6-5-7-9-19)37-34-38(31(29)20-10-14-26(41-2)27(16-20)42-3)32(39)28(45-34)18-22-12-15-25(44-22)23-17-21(35)11-13-24(23)36/h5-18,31H,4H2,1-3H3/b28-18+/t31-/m1/s1. The zero-order valence-corrected chi connectivity index (χ0v) is 28.4. The third kappa shape index (κ3) is 5.95. The Bertz CT molecular complexity index is 2130. The molecule has 45 heavy (non-hydrogen) atoms. The van der Waals surface area contributed by atoms with Crippen molar-refractivity contribution in [1.29, 1.82) is 0 Å². The molecule has 0 spiro atoms. The summed E-state index contributed by atoms with van der Waals surface area (Å²) in [5, 5.41) is 0. The zero-order chi connectivity index (χ0) is 31.7. The van der Waals surface area contributed by atoms with Gasteiger partial charge in [-0.1, -0.05) is 79.6 Å². The van der Waals surface area contributed by atoms with E-state index in [0.29, 0.717) is 43.6 Å². The molecular weight excluding hydrogens is 724 g/mol. The second-order valence-corrected chi connectivity index (χ2v) is 12.7. The molecule has 1 atom stereocenters. The van der Waals surface area contributed by atoms with Crippen molar-refractivity contribution in [3.05, 3.63) is 130 Å². The van der Waals surface area contributed by atoms with E-state index in [0.717, 1.165) is 20.1 Å². The Balaban J connectivity index is 1.58. The van der Waals surface area contributed by atoms with Gasteiger partial charge in [-0.25, -0.2) is 9.79 Å². The normalized spacial score (nSPS) is 14.6. The molecule has 0 bridgehead atoms. The number of ether oxygens (including phenoxy) is 3. The van der Waals surface area contributed by atoms with Crippen molar-refractivity contribution < 1.29 is 23.4 Å². The number of methoxy groups -OCH3 is 2. The van der Waals surface area contributed by atoms with E-state index in [1.165, 1.54) is 23.0 Å². The number of thiazole rings is 1. The molecule has 0 N–H and O–H groups in total. The monoisotopic (exact) mass is 748 g/mol. The maximum atomic E-state index is 14.2. The summed E-state index contributed by atoms with van der Waals surface area (Å²) >= 11 is 8.31. The van der Waals surface area contributed by atoms with E-state index >= 15 is 0 Å². The summed E-state index contributed by atoms with van der Waals surface area (Å²) in [5.74, 6) is 1.55. The van der Waals surface area contributed by atoms with Gasteiger partial charge in [0, 0.05) is 26.1 Å². The molecule has 5 aromatic rings. The van der Waals surface area contributed by atoms with Crippen molar-refractivity contribution in [2.75, 3.05) is 20.8 Å². The Hall–Kier alpha value is -4.19. The molecule has 0 aliphatic carbocycles. The number of hydrogen-bond acceptors (Lipinski definition) is 8. The molecule has 228 valence electrons. The fraction of sp³-hybridized carbons (Fsp3) is 0.147. The molecule has 3 heterocycles. The molecule has 11 heteroatoms. The molecule has 1 aliphatic rings. The summed E-state index contributed by atoms with van der Waals surface area (Å²) in [6, 6.07) is 23.3. The van der Waals surface area contributed by atoms with Gasteiger partial charge in [-0.3, -0.25) is 9.36 Å². The number of carbonyl (C=O) groups excluding carboxylic acids is 1. The van der Waals surface area contributed by atoms with E-state index in [1.54, 1.807) is 32.2 Å². The van der Waals surface area contributed by atoms with E-state index in [1.807, 2.05) is 66.7 Å². The topological polar surface area (TPSA) is 92.3 Å². The first-order valence-electron chi connectivity index (χ1n) is 13.9. The third-order valence-electron chi connectivity index (χ3n) is 7.19. The zero-order valence-electron chi connectivity index (χ0n) is 24.4. The maximum absolute atomic E-state index is 14.2. The highest BCUT2D eigenvalue weighted by Crippen LogP contribution is 2.38. The highest BCUT2D eigenvalue weighted by Gasteiger charge is 2.35. The van der Waals surface area contributed by atoms with Crippen molar-refractivity contribution in [3.63, 3.8) is 0 Å². The van der Waals surface area contributed by atoms with Crippen LogP contribution in [0.25, 0.3) is 23.1 Å². The predicted octanol–water partition coefficient (Wildman–Crippen LogP) is 6.74. The van der Waals surface area contributed by atoms with Crippen molar-refractivity contribution in [2.45, 2.75) is 13.0 Å². The van der Waals surface area contributed by atoms with E-state index in [4.69, 9.17) is 23.6 Å². The molecule has 0 unspecified atom stereocenters. The number of rotatable bonds is 8. The molecule has 6 rings (SSSR count). The van der Waals surface area contributed by atoms with E-state index < -0.39 is 12.0 Å². The Kier molecular flexibility index (Phi) is 8.93. The summed E-state index contributed by atoms with van der Waals surface area (Å²) < 4.78 is 26.5. The van der Waals surface area contributed by atoms with Gasteiger partial charge < -0.3 is 18.6 Å². The lowest BCUT2D eigenvalue weighted by atomic mass is 9.93. The molecule has 8 nitrogen and oxygen atoms in total. The number of hydrogen-bond donors (Lipinski definition) is 0. The smallest absolute Gasteiger partial charge is 0.338 e. The van der Waals surface area contributed by atoms with Gasteiger partial charge in [0.25, 0.3) is 5.56 Å². The Morgan fingerprint density at radius 2 is 1.78 bits per heavy atom.